The Morgan fingerprint density at radius 3 is 2.58 bits per heavy atom. The molecule has 0 aliphatic rings. The highest BCUT2D eigenvalue weighted by molar-refractivity contribution is 5.65. The fraction of sp³-hybridized carbons (Fsp3) is 0.538. The fourth-order valence-electron chi connectivity index (χ4n) is 1.95. The number of likely N-dealkylation sites (N-methyl/N-ethyl adjacent to an activating group) is 1. The van der Waals surface area contributed by atoms with Gasteiger partial charge in [-0.05, 0) is 26.8 Å². The summed E-state index contributed by atoms with van der Waals surface area (Å²) < 4.78 is 5.48. The van der Waals surface area contributed by atoms with E-state index in [9.17, 15) is 10.1 Å². The van der Waals surface area contributed by atoms with Crippen LogP contribution in [0, 0.1) is 17.0 Å². The fourth-order valence-corrected chi connectivity index (χ4v) is 1.95. The maximum Gasteiger partial charge on any atom is 0.276 e. The molecule has 1 aromatic carbocycles. The van der Waals surface area contributed by atoms with Gasteiger partial charge < -0.3 is 14.7 Å². The van der Waals surface area contributed by atoms with Gasteiger partial charge in [0.1, 0.15) is 5.75 Å². The number of hydrogen-bond donors (Lipinski definition) is 1. The first kappa shape index (κ1) is 15.2. The van der Waals surface area contributed by atoms with Crippen molar-refractivity contribution in [3.8, 4) is 5.75 Å². The van der Waals surface area contributed by atoms with E-state index < -0.39 is 4.92 Å². The van der Waals surface area contributed by atoms with Gasteiger partial charge in [-0.1, -0.05) is 0 Å². The van der Waals surface area contributed by atoms with Crippen molar-refractivity contribution in [3.63, 3.8) is 0 Å². The first-order valence-electron chi connectivity index (χ1n) is 6.32. The molecule has 6 heteroatoms. The highest BCUT2D eigenvalue weighted by Crippen LogP contribution is 2.35. The molecule has 1 rings (SSSR count). The predicted molar refractivity (Wildman–Crippen MR) is 74.0 cm³/mol. The first-order valence-corrected chi connectivity index (χ1v) is 6.32. The van der Waals surface area contributed by atoms with Gasteiger partial charge in [-0.2, -0.15) is 0 Å². The zero-order valence-electron chi connectivity index (χ0n) is 11.5. The second-order valence-corrected chi connectivity index (χ2v) is 4.10. The second kappa shape index (κ2) is 6.94. The highest BCUT2D eigenvalue weighted by atomic mass is 16.6. The normalized spacial score (nSPS) is 10.3. The minimum absolute atomic E-state index is 0.0233. The minimum Gasteiger partial charge on any atom is -0.491 e. The number of rotatable bonds is 7. The molecule has 0 radical (unpaired) electrons. The number of nitrogens with zero attached hydrogens (tertiary/aromatic N) is 2. The van der Waals surface area contributed by atoms with Crippen molar-refractivity contribution in [3.05, 3.63) is 27.8 Å². The van der Waals surface area contributed by atoms with Gasteiger partial charge in [0.15, 0.2) is 0 Å². The summed E-state index contributed by atoms with van der Waals surface area (Å²) in [6, 6.07) is 3.19. The Balaban J connectivity index is 3.28. The molecule has 19 heavy (non-hydrogen) atoms. The molecule has 0 unspecified atom stereocenters. The summed E-state index contributed by atoms with van der Waals surface area (Å²) >= 11 is 0. The summed E-state index contributed by atoms with van der Waals surface area (Å²) in [6.45, 7) is 7.11. The smallest absolute Gasteiger partial charge is 0.276 e. The Labute approximate surface area is 112 Å². The summed E-state index contributed by atoms with van der Waals surface area (Å²) in [7, 11) is 0. The van der Waals surface area contributed by atoms with Crippen molar-refractivity contribution in [2.75, 3.05) is 31.2 Å². The van der Waals surface area contributed by atoms with Crippen molar-refractivity contribution >= 4 is 11.4 Å². The van der Waals surface area contributed by atoms with Crippen LogP contribution in [-0.4, -0.2) is 36.3 Å². The number of anilines is 1. The van der Waals surface area contributed by atoms with Gasteiger partial charge >= 0.3 is 0 Å². The highest BCUT2D eigenvalue weighted by Gasteiger charge is 2.19. The molecule has 1 aromatic rings. The van der Waals surface area contributed by atoms with Gasteiger partial charge in [-0.25, -0.2) is 0 Å². The lowest BCUT2D eigenvalue weighted by molar-refractivity contribution is -0.385. The molecule has 0 heterocycles. The van der Waals surface area contributed by atoms with Gasteiger partial charge in [0.05, 0.1) is 29.9 Å². The maximum absolute atomic E-state index is 11.0. The lowest BCUT2D eigenvalue weighted by atomic mass is 10.1. The molecular weight excluding hydrogens is 248 g/mol. The third-order valence-electron chi connectivity index (χ3n) is 2.87. The summed E-state index contributed by atoms with van der Waals surface area (Å²) in [6.07, 6.45) is 0. The lowest BCUT2D eigenvalue weighted by Gasteiger charge is -2.25. The zero-order chi connectivity index (χ0) is 14.4. The molecule has 0 bridgehead atoms. The van der Waals surface area contributed by atoms with Crippen molar-refractivity contribution in [1.82, 2.24) is 0 Å². The number of nitro groups is 1. The Morgan fingerprint density at radius 1 is 1.42 bits per heavy atom. The van der Waals surface area contributed by atoms with E-state index in [1.165, 1.54) is 6.07 Å². The molecule has 0 atom stereocenters. The lowest BCUT2D eigenvalue weighted by Crippen LogP contribution is -2.26. The molecule has 0 saturated heterocycles. The van der Waals surface area contributed by atoms with E-state index in [0.29, 0.717) is 31.0 Å². The Morgan fingerprint density at radius 2 is 2.11 bits per heavy atom. The van der Waals surface area contributed by atoms with Crippen LogP contribution in [0.25, 0.3) is 0 Å². The van der Waals surface area contributed by atoms with Crippen LogP contribution < -0.4 is 9.64 Å². The van der Waals surface area contributed by atoms with Crippen LogP contribution in [0.2, 0.25) is 0 Å². The number of nitro benzene ring substituents is 1. The quantitative estimate of drug-likeness (QED) is 0.605. The van der Waals surface area contributed by atoms with E-state index in [2.05, 4.69) is 0 Å². The van der Waals surface area contributed by atoms with Crippen LogP contribution in [0.15, 0.2) is 12.1 Å². The van der Waals surface area contributed by atoms with Crippen molar-refractivity contribution in [2.45, 2.75) is 20.8 Å². The molecule has 0 aliphatic carbocycles. The Kier molecular flexibility index (Phi) is 5.57. The van der Waals surface area contributed by atoms with E-state index in [-0.39, 0.29) is 12.3 Å². The molecular formula is C13H20N2O4. The van der Waals surface area contributed by atoms with Gasteiger partial charge in [0.25, 0.3) is 5.69 Å². The maximum atomic E-state index is 11.0. The van der Waals surface area contributed by atoms with Crippen LogP contribution >= 0.6 is 0 Å². The SMILES string of the molecule is CCOc1cc([N+](=O)[O-])c(C)cc1N(CC)CCO. The molecule has 0 aliphatic heterocycles. The second-order valence-electron chi connectivity index (χ2n) is 4.10. The Hall–Kier alpha value is -1.82. The Bertz CT molecular complexity index is 449. The molecule has 0 aromatic heterocycles. The number of aliphatic hydroxyl groups excluding tert-OH is 1. The van der Waals surface area contributed by atoms with Crippen LogP contribution in [0.1, 0.15) is 19.4 Å². The summed E-state index contributed by atoms with van der Waals surface area (Å²) in [5, 5.41) is 20.0. The van der Waals surface area contributed by atoms with E-state index in [0.717, 1.165) is 5.69 Å². The molecule has 1 N–H and O–H groups in total. The predicted octanol–water partition coefficient (Wildman–Crippen LogP) is 2.12. The van der Waals surface area contributed by atoms with Gasteiger partial charge in [0.2, 0.25) is 0 Å². The molecule has 106 valence electrons. The van der Waals surface area contributed by atoms with Crippen LogP contribution in [0.4, 0.5) is 11.4 Å². The largest absolute Gasteiger partial charge is 0.491 e. The van der Waals surface area contributed by atoms with Crippen LogP contribution in [0.5, 0.6) is 5.75 Å². The van der Waals surface area contributed by atoms with Crippen molar-refractivity contribution < 1.29 is 14.8 Å². The number of aryl methyl sites for hydroxylation is 1. The summed E-state index contributed by atoms with van der Waals surface area (Å²) in [4.78, 5) is 12.5. The number of aliphatic hydroxyl groups is 1. The van der Waals surface area contributed by atoms with Crippen molar-refractivity contribution in [1.29, 1.82) is 0 Å². The van der Waals surface area contributed by atoms with Crippen LogP contribution in [0.3, 0.4) is 0 Å². The third kappa shape index (κ3) is 3.57. The van der Waals surface area contributed by atoms with E-state index in [4.69, 9.17) is 9.84 Å². The van der Waals surface area contributed by atoms with Crippen molar-refractivity contribution in [2.24, 2.45) is 0 Å². The molecule has 0 saturated carbocycles. The average molecular weight is 268 g/mol. The van der Waals surface area contributed by atoms with Gasteiger partial charge in [0, 0.05) is 18.7 Å². The monoisotopic (exact) mass is 268 g/mol. The zero-order valence-corrected chi connectivity index (χ0v) is 11.5. The minimum atomic E-state index is -0.413. The van der Waals surface area contributed by atoms with E-state index in [1.54, 1.807) is 13.0 Å². The third-order valence-corrected chi connectivity index (χ3v) is 2.87. The summed E-state index contributed by atoms with van der Waals surface area (Å²) in [5.41, 5.74) is 1.41. The number of hydrogen-bond acceptors (Lipinski definition) is 5. The van der Waals surface area contributed by atoms with E-state index in [1.807, 2.05) is 18.7 Å². The van der Waals surface area contributed by atoms with Gasteiger partial charge in [-0.15, -0.1) is 0 Å². The van der Waals surface area contributed by atoms with E-state index >= 15 is 0 Å². The van der Waals surface area contributed by atoms with Crippen LogP contribution in [-0.2, 0) is 0 Å². The van der Waals surface area contributed by atoms with Gasteiger partial charge in [-0.3, -0.25) is 10.1 Å². The molecule has 0 fully saturated rings. The summed E-state index contributed by atoms with van der Waals surface area (Å²) in [5.74, 6) is 0.482. The number of ether oxygens (including phenoxy) is 1. The molecule has 0 spiro atoms. The first-order chi connectivity index (χ1) is 9.04. The molecule has 6 nitrogen and oxygen atoms in total. The topological polar surface area (TPSA) is 75.8 Å². The molecule has 0 amide bonds. The number of benzene rings is 1. The standard InChI is InChI=1S/C13H20N2O4/c1-4-14(6-7-16)12-8-10(3)11(15(17)18)9-13(12)19-5-2/h8-9,16H,4-7H2,1-3H3. The average Bonchev–Trinajstić information content (AvgIpc) is 2.37.